The first-order valence-corrected chi connectivity index (χ1v) is 5.76. The molecular formula is C13H18FNO. The summed E-state index contributed by atoms with van der Waals surface area (Å²) >= 11 is 0. The Kier molecular flexibility index (Phi) is 3.44. The standard InChI is InChI=1S/C13H18FNO/c1-10-3-4-11(14)9-13(10)16-12-5-7-15(2)8-6-12/h3-4,9,12H,5-8H2,1-2H3. The number of hydrogen-bond acceptors (Lipinski definition) is 2. The van der Waals surface area contributed by atoms with Crippen molar-refractivity contribution in [2.45, 2.75) is 25.9 Å². The predicted molar refractivity (Wildman–Crippen MR) is 62.3 cm³/mol. The molecule has 88 valence electrons. The van der Waals surface area contributed by atoms with Gasteiger partial charge in [0.2, 0.25) is 0 Å². The lowest BCUT2D eigenvalue weighted by Crippen LogP contribution is -2.35. The van der Waals surface area contributed by atoms with Crippen molar-refractivity contribution in [2.75, 3.05) is 20.1 Å². The van der Waals surface area contributed by atoms with Crippen LogP contribution in [0.5, 0.6) is 5.75 Å². The van der Waals surface area contributed by atoms with Gasteiger partial charge < -0.3 is 9.64 Å². The van der Waals surface area contributed by atoms with Crippen LogP contribution in [-0.2, 0) is 0 Å². The average molecular weight is 223 g/mol. The highest BCUT2D eigenvalue weighted by atomic mass is 19.1. The first-order valence-electron chi connectivity index (χ1n) is 5.76. The predicted octanol–water partition coefficient (Wildman–Crippen LogP) is 2.61. The van der Waals surface area contributed by atoms with E-state index in [-0.39, 0.29) is 11.9 Å². The van der Waals surface area contributed by atoms with E-state index in [4.69, 9.17) is 4.74 Å². The molecule has 0 aromatic heterocycles. The molecule has 1 fully saturated rings. The second-order valence-electron chi connectivity index (χ2n) is 4.53. The van der Waals surface area contributed by atoms with Gasteiger partial charge in [0.25, 0.3) is 0 Å². The van der Waals surface area contributed by atoms with Gasteiger partial charge in [0.05, 0.1) is 0 Å². The summed E-state index contributed by atoms with van der Waals surface area (Å²) in [4.78, 5) is 2.29. The van der Waals surface area contributed by atoms with Crippen LogP contribution in [0, 0.1) is 12.7 Å². The highest BCUT2D eigenvalue weighted by Gasteiger charge is 2.18. The van der Waals surface area contributed by atoms with Gasteiger partial charge in [-0.1, -0.05) is 6.07 Å². The number of rotatable bonds is 2. The molecule has 0 unspecified atom stereocenters. The highest BCUT2D eigenvalue weighted by Crippen LogP contribution is 2.23. The van der Waals surface area contributed by atoms with Gasteiger partial charge in [0.1, 0.15) is 17.7 Å². The molecule has 0 amide bonds. The molecule has 0 radical (unpaired) electrons. The molecule has 1 aromatic rings. The molecule has 2 rings (SSSR count). The third-order valence-corrected chi connectivity index (χ3v) is 3.11. The summed E-state index contributed by atoms with van der Waals surface area (Å²) in [7, 11) is 2.11. The van der Waals surface area contributed by atoms with E-state index in [0.717, 1.165) is 31.5 Å². The summed E-state index contributed by atoms with van der Waals surface area (Å²) in [5.74, 6) is 0.461. The smallest absolute Gasteiger partial charge is 0.126 e. The zero-order valence-electron chi connectivity index (χ0n) is 9.87. The Labute approximate surface area is 96.0 Å². The Morgan fingerprint density at radius 2 is 2.00 bits per heavy atom. The fraction of sp³-hybridized carbons (Fsp3) is 0.538. The van der Waals surface area contributed by atoms with Gasteiger partial charge in [-0.2, -0.15) is 0 Å². The normalized spacial score (nSPS) is 18.7. The summed E-state index contributed by atoms with van der Waals surface area (Å²) in [5.41, 5.74) is 1.00. The largest absolute Gasteiger partial charge is 0.490 e. The van der Waals surface area contributed by atoms with Crippen molar-refractivity contribution in [3.63, 3.8) is 0 Å². The Morgan fingerprint density at radius 1 is 1.31 bits per heavy atom. The molecule has 2 nitrogen and oxygen atoms in total. The number of benzene rings is 1. The fourth-order valence-corrected chi connectivity index (χ4v) is 1.98. The number of hydrogen-bond donors (Lipinski definition) is 0. The summed E-state index contributed by atoms with van der Waals surface area (Å²) in [6.45, 7) is 4.06. The van der Waals surface area contributed by atoms with Crippen molar-refractivity contribution >= 4 is 0 Å². The van der Waals surface area contributed by atoms with Crippen LogP contribution < -0.4 is 4.74 Å². The zero-order valence-corrected chi connectivity index (χ0v) is 9.87. The molecule has 0 spiro atoms. The number of halogens is 1. The van der Waals surface area contributed by atoms with Gasteiger partial charge in [-0.05, 0) is 38.4 Å². The maximum Gasteiger partial charge on any atom is 0.126 e. The van der Waals surface area contributed by atoms with E-state index >= 15 is 0 Å². The molecule has 0 saturated carbocycles. The topological polar surface area (TPSA) is 12.5 Å². The van der Waals surface area contributed by atoms with Crippen LogP contribution in [-0.4, -0.2) is 31.1 Å². The molecule has 0 atom stereocenters. The van der Waals surface area contributed by atoms with Crippen LogP contribution >= 0.6 is 0 Å². The van der Waals surface area contributed by atoms with Crippen molar-refractivity contribution in [1.29, 1.82) is 0 Å². The summed E-state index contributed by atoms with van der Waals surface area (Å²) in [6.07, 6.45) is 2.27. The second kappa shape index (κ2) is 4.83. The highest BCUT2D eigenvalue weighted by molar-refractivity contribution is 5.32. The van der Waals surface area contributed by atoms with Crippen LogP contribution in [0.15, 0.2) is 18.2 Å². The minimum atomic E-state index is -0.228. The average Bonchev–Trinajstić information content (AvgIpc) is 2.27. The minimum Gasteiger partial charge on any atom is -0.490 e. The number of ether oxygens (including phenoxy) is 1. The van der Waals surface area contributed by atoms with Crippen molar-refractivity contribution < 1.29 is 9.13 Å². The number of nitrogens with zero attached hydrogens (tertiary/aromatic N) is 1. The quantitative estimate of drug-likeness (QED) is 0.764. The third kappa shape index (κ3) is 2.73. The van der Waals surface area contributed by atoms with E-state index < -0.39 is 0 Å². The molecule has 1 aliphatic rings. The van der Waals surface area contributed by atoms with E-state index in [0.29, 0.717) is 5.75 Å². The molecule has 0 aliphatic carbocycles. The van der Waals surface area contributed by atoms with Crippen LogP contribution in [0.1, 0.15) is 18.4 Å². The molecule has 3 heteroatoms. The Balaban J connectivity index is 2.00. The minimum absolute atomic E-state index is 0.228. The second-order valence-corrected chi connectivity index (χ2v) is 4.53. The van der Waals surface area contributed by atoms with Crippen molar-refractivity contribution in [3.8, 4) is 5.75 Å². The summed E-state index contributed by atoms with van der Waals surface area (Å²) in [6, 6.07) is 4.71. The van der Waals surface area contributed by atoms with Crippen LogP contribution in [0.3, 0.4) is 0 Å². The maximum absolute atomic E-state index is 13.1. The van der Waals surface area contributed by atoms with Gasteiger partial charge >= 0.3 is 0 Å². The lowest BCUT2D eigenvalue weighted by molar-refractivity contribution is 0.113. The summed E-state index contributed by atoms with van der Waals surface area (Å²) < 4.78 is 18.9. The van der Waals surface area contributed by atoms with Gasteiger partial charge in [0, 0.05) is 19.2 Å². The number of piperidine rings is 1. The van der Waals surface area contributed by atoms with E-state index in [9.17, 15) is 4.39 Å². The first kappa shape index (κ1) is 11.4. The monoisotopic (exact) mass is 223 g/mol. The molecular weight excluding hydrogens is 205 g/mol. The molecule has 16 heavy (non-hydrogen) atoms. The van der Waals surface area contributed by atoms with E-state index in [1.807, 2.05) is 6.92 Å². The van der Waals surface area contributed by atoms with E-state index in [2.05, 4.69) is 11.9 Å². The zero-order chi connectivity index (χ0) is 11.5. The van der Waals surface area contributed by atoms with Crippen LogP contribution in [0.2, 0.25) is 0 Å². The van der Waals surface area contributed by atoms with Crippen molar-refractivity contribution in [2.24, 2.45) is 0 Å². The van der Waals surface area contributed by atoms with Crippen molar-refractivity contribution in [3.05, 3.63) is 29.6 Å². The maximum atomic E-state index is 13.1. The number of likely N-dealkylation sites (tertiary alicyclic amines) is 1. The lowest BCUT2D eigenvalue weighted by atomic mass is 10.1. The molecule has 1 aromatic carbocycles. The Morgan fingerprint density at radius 3 is 2.69 bits per heavy atom. The Bertz CT molecular complexity index is 359. The molecule has 0 bridgehead atoms. The van der Waals surface area contributed by atoms with Crippen molar-refractivity contribution in [1.82, 2.24) is 4.90 Å². The van der Waals surface area contributed by atoms with E-state index in [1.54, 1.807) is 6.07 Å². The van der Waals surface area contributed by atoms with E-state index in [1.165, 1.54) is 12.1 Å². The first-order chi connectivity index (χ1) is 7.65. The summed E-state index contributed by atoms with van der Waals surface area (Å²) in [5, 5.41) is 0. The van der Waals surface area contributed by atoms with Crippen LogP contribution in [0.25, 0.3) is 0 Å². The Hall–Kier alpha value is -1.09. The SMILES string of the molecule is Cc1ccc(F)cc1OC1CCN(C)CC1. The van der Waals surface area contributed by atoms with Gasteiger partial charge in [-0.15, -0.1) is 0 Å². The molecule has 1 aliphatic heterocycles. The molecule has 1 heterocycles. The van der Waals surface area contributed by atoms with Gasteiger partial charge in [0.15, 0.2) is 0 Å². The third-order valence-electron chi connectivity index (χ3n) is 3.11. The molecule has 0 N–H and O–H groups in total. The van der Waals surface area contributed by atoms with Crippen LogP contribution in [0.4, 0.5) is 4.39 Å². The lowest BCUT2D eigenvalue weighted by Gasteiger charge is -2.29. The van der Waals surface area contributed by atoms with Gasteiger partial charge in [-0.3, -0.25) is 0 Å². The number of aryl methyl sites for hydroxylation is 1. The fourth-order valence-electron chi connectivity index (χ4n) is 1.98. The molecule has 1 saturated heterocycles. The van der Waals surface area contributed by atoms with Gasteiger partial charge in [-0.25, -0.2) is 4.39 Å².